The van der Waals surface area contributed by atoms with Gasteiger partial charge in [0.05, 0.1) is 0 Å². The van der Waals surface area contributed by atoms with Crippen molar-refractivity contribution >= 4 is 23.4 Å². The zero-order chi connectivity index (χ0) is 19.1. The molecule has 5 nitrogen and oxygen atoms in total. The summed E-state index contributed by atoms with van der Waals surface area (Å²) >= 11 is 5.92. The van der Waals surface area contributed by atoms with Crippen LogP contribution in [0.15, 0.2) is 48.8 Å². The summed E-state index contributed by atoms with van der Waals surface area (Å²) in [5, 5.41) is 3.52. The minimum absolute atomic E-state index is 0.0634. The largest absolute Gasteiger partial charge is 0.350 e. The molecule has 0 aliphatic heterocycles. The molecule has 0 fully saturated rings. The van der Waals surface area contributed by atoms with Crippen LogP contribution in [0.2, 0.25) is 5.02 Å². The van der Waals surface area contributed by atoms with E-state index in [9.17, 15) is 9.59 Å². The molecule has 0 aliphatic rings. The molecule has 0 aliphatic carbocycles. The van der Waals surface area contributed by atoms with Crippen LogP contribution in [0.25, 0.3) is 0 Å². The fourth-order valence-corrected chi connectivity index (χ4v) is 2.63. The van der Waals surface area contributed by atoms with Crippen molar-refractivity contribution in [2.75, 3.05) is 0 Å². The average Bonchev–Trinajstić information content (AvgIpc) is 2.65. The first kappa shape index (κ1) is 19.9. The van der Waals surface area contributed by atoms with Crippen LogP contribution in [0.5, 0.6) is 0 Å². The van der Waals surface area contributed by atoms with Crippen LogP contribution in [0.3, 0.4) is 0 Å². The zero-order valence-electron chi connectivity index (χ0n) is 15.3. The molecule has 2 aromatic rings. The highest BCUT2D eigenvalue weighted by atomic mass is 35.5. The lowest BCUT2D eigenvalue weighted by Crippen LogP contribution is -2.48. The summed E-state index contributed by atoms with van der Waals surface area (Å²) < 4.78 is 0. The fraction of sp³-hybridized carbons (Fsp3) is 0.350. The highest BCUT2D eigenvalue weighted by Gasteiger charge is 2.27. The van der Waals surface area contributed by atoms with Gasteiger partial charge in [-0.3, -0.25) is 14.6 Å². The van der Waals surface area contributed by atoms with Crippen molar-refractivity contribution in [3.8, 4) is 0 Å². The number of carbonyl (C=O) groups is 2. The minimum atomic E-state index is -0.581. The molecule has 0 spiro atoms. The van der Waals surface area contributed by atoms with Crippen LogP contribution in [0, 0.1) is 5.92 Å². The molecule has 1 unspecified atom stereocenters. The number of rotatable bonds is 7. The van der Waals surface area contributed by atoms with Crippen molar-refractivity contribution in [2.24, 2.45) is 5.92 Å². The number of pyridine rings is 1. The summed E-state index contributed by atoms with van der Waals surface area (Å²) in [4.78, 5) is 30.8. The van der Waals surface area contributed by atoms with Crippen molar-refractivity contribution in [1.82, 2.24) is 15.2 Å². The van der Waals surface area contributed by atoms with Crippen LogP contribution in [-0.2, 0) is 22.7 Å². The van der Waals surface area contributed by atoms with Gasteiger partial charge < -0.3 is 10.2 Å². The van der Waals surface area contributed by atoms with Gasteiger partial charge in [-0.15, -0.1) is 0 Å². The predicted octanol–water partition coefficient (Wildman–Crippen LogP) is 3.42. The van der Waals surface area contributed by atoms with E-state index in [1.807, 2.05) is 38.1 Å². The molecule has 2 amide bonds. The lowest BCUT2D eigenvalue weighted by atomic mass is 10.1. The van der Waals surface area contributed by atoms with Crippen LogP contribution < -0.4 is 5.32 Å². The Morgan fingerprint density at radius 1 is 1.04 bits per heavy atom. The third-order valence-corrected chi connectivity index (χ3v) is 4.36. The quantitative estimate of drug-likeness (QED) is 0.808. The van der Waals surface area contributed by atoms with Crippen molar-refractivity contribution in [3.63, 3.8) is 0 Å². The molecule has 2 rings (SSSR count). The average molecular weight is 374 g/mol. The molecule has 0 radical (unpaired) electrons. The maximum Gasteiger partial charge on any atom is 0.242 e. The molecule has 6 heteroatoms. The first-order chi connectivity index (χ1) is 12.4. The molecule has 1 heterocycles. The lowest BCUT2D eigenvalue weighted by molar-refractivity contribution is -0.143. The molecule has 0 bridgehead atoms. The van der Waals surface area contributed by atoms with E-state index in [4.69, 9.17) is 11.6 Å². The Balaban J connectivity index is 2.08. The van der Waals surface area contributed by atoms with Gasteiger partial charge in [-0.05, 0) is 42.3 Å². The van der Waals surface area contributed by atoms with E-state index in [2.05, 4.69) is 10.3 Å². The summed E-state index contributed by atoms with van der Waals surface area (Å²) in [5.74, 6) is -0.450. The Bertz CT molecular complexity index is 732. The van der Waals surface area contributed by atoms with Crippen molar-refractivity contribution in [1.29, 1.82) is 0 Å². The van der Waals surface area contributed by atoms with Gasteiger partial charge in [0.2, 0.25) is 11.8 Å². The number of halogens is 1. The molecule has 1 aromatic carbocycles. The maximum absolute atomic E-state index is 12.6. The summed E-state index contributed by atoms with van der Waals surface area (Å²) in [6, 6.07) is 10.4. The van der Waals surface area contributed by atoms with Crippen molar-refractivity contribution in [3.05, 3.63) is 64.9 Å². The molecular weight excluding hydrogens is 350 g/mol. The number of nitrogens with one attached hydrogen (secondary N) is 1. The highest BCUT2D eigenvalue weighted by Crippen LogP contribution is 2.16. The van der Waals surface area contributed by atoms with E-state index in [0.29, 0.717) is 18.1 Å². The fourth-order valence-electron chi connectivity index (χ4n) is 2.50. The van der Waals surface area contributed by atoms with Gasteiger partial charge in [0.1, 0.15) is 6.04 Å². The second-order valence-corrected chi connectivity index (χ2v) is 6.93. The number of carbonyl (C=O) groups excluding carboxylic acids is 2. The van der Waals surface area contributed by atoms with E-state index in [1.165, 1.54) is 0 Å². The van der Waals surface area contributed by atoms with Gasteiger partial charge in [0.25, 0.3) is 0 Å². The minimum Gasteiger partial charge on any atom is -0.350 e. The first-order valence-corrected chi connectivity index (χ1v) is 8.98. The number of nitrogens with zero attached hydrogens (tertiary/aromatic N) is 2. The van der Waals surface area contributed by atoms with Crippen LogP contribution >= 0.6 is 11.6 Å². The monoisotopic (exact) mass is 373 g/mol. The summed E-state index contributed by atoms with van der Waals surface area (Å²) in [6.45, 7) is 6.17. The van der Waals surface area contributed by atoms with Crippen molar-refractivity contribution < 1.29 is 9.59 Å². The van der Waals surface area contributed by atoms with E-state index in [1.54, 1.807) is 36.4 Å². The Labute approximate surface area is 159 Å². The Hall–Kier alpha value is -2.40. The van der Waals surface area contributed by atoms with E-state index in [0.717, 1.165) is 11.1 Å². The smallest absolute Gasteiger partial charge is 0.242 e. The van der Waals surface area contributed by atoms with Crippen LogP contribution in [0.1, 0.15) is 31.9 Å². The second-order valence-electron chi connectivity index (χ2n) is 6.50. The molecule has 1 atom stereocenters. The third-order valence-electron chi connectivity index (χ3n) is 4.11. The predicted molar refractivity (Wildman–Crippen MR) is 102 cm³/mol. The standard InChI is InChI=1S/C20H24ClN3O2/c1-14(2)20(26)24(13-17-4-6-18(21)7-5-17)15(3)19(25)23-12-16-8-10-22-11-9-16/h4-11,14-15H,12-13H2,1-3H3,(H,23,25). The van der Waals surface area contributed by atoms with Gasteiger partial charge >= 0.3 is 0 Å². The number of hydrogen-bond donors (Lipinski definition) is 1. The second kappa shape index (κ2) is 9.34. The van der Waals surface area contributed by atoms with Gasteiger partial charge in [0.15, 0.2) is 0 Å². The van der Waals surface area contributed by atoms with E-state index < -0.39 is 6.04 Å². The van der Waals surface area contributed by atoms with Crippen molar-refractivity contribution in [2.45, 2.75) is 39.9 Å². The molecule has 0 saturated carbocycles. The third kappa shape index (κ3) is 5.56. The summed E-state index contributed by atoms with van der Waals surface area (Å²) in [7, 11) is 0. The normalized spacial score (nSPS) is 11.9. The van der Waals surface area contributed by atoms with Crippen LogP contribution in [0.4, 0.5) is 0 Å². The maximum atomic E-state index is 12.6. The van der Waals surface area contributed by atoms with Gasteiger partial charge in [-0.1, -0.05) is 37.6 Å². The summed E-state index contributed by atoms with van der Waals surface area (Å²) in [6.07, 6.45) is 3.36. The Kier molecular flexibility index (Phi) is 7.16. The topological polar surface area (TPSA) is 62.3 Å². The van der Waals surface area contributed by atoms with E-state index in [-0.39, 0.29) is 17.7 Å². The highest BCUT2D eigenvalue weighted by molar-refractivity contribution is 6.30. The summed E-state index contributed by atoms with van der Waals surface area (Å²) in [5.41, 5.74) is 1.89. The molecule has 0 saturated heterocycles. The lowest BCUT2D eigenvalue weighted by Gasteiger charge is -2.30. The molecule has 26 heavy (non-hydrogen) atoms. The SMILES string of the molecule is CC(C)C(=O)N(Cc1ccc(Cl)cc1)C(C)C(=O)NCc1ccncc1. The molecule has 1 N–H and O–H groups in total. The van der Waals surface area contributed by atoms with Gasteiger partial charge in [0, 0.05) is 36.4 Å². The van der Waals surface area contributed by atoms with Crippen LogP contribution in [-0.4, -0.2) is 27.7 Å². The van der Waals surface area contributed by atoms with E-state index >= 15 is 0 Å². The molecule has 138 valence electrons. The Morgan fingerprint density at radius 2 is 1.65 bits per heavy atom. The number of amides is 2. The van der Waals surface area contributed by atoms with Gasteiger partial charge in [-0.25, -0.2) is 0 Å². The Morgan fingerprint density at radius 3 is 2.23 bits per heavy atom. The number of hydrogen-bond acceptors (Lipinski definition) is 3. The zero-order valence-corrected chi connectivity index (χ0v) is 16.0. The molecule has 1 aromatic heterocycles. The number of benzene rings is 1. The first-order valence-electron chi connectivity index (χ1n) is 8.60. The van der Waals surface area contributed by atoms with Gasteiger partial charge in [-0.2, -0.15) is 0 Å². The number of aromatic nitrogens is 1. The molecular formula is C20H24ClN3O2.